The van der Waals surface area contributed by atoms with E-state index >= 15 is 0 Å². The van der Waals surface area contributed by atoms with Gasteiger partial charge in [-0.15, -0.1) is 0 Å². The molecule has 0 radical (unpaired) electrons. The molecule has 1 aromatic rings. The van der Waals surface area contributed by atoms with Gasteiger partial charge in [0.15, 0.2) is 12.8 Å². The van der Waals surface area contributed by atoms with Crippen LogP contribution in [-0.2, 0) is 22.6 Å². The first-order valence-corrected chi connectivity index (χ1v) is 8.95. The van der Waals surface area contributed by atoms with Crippen molar-refractivity contribution >= 4 is 5.96 Å². The van der Waals surface area contributed by atoms with Gasteiger partial charge in [0.1, 0.15) is 11.6 Å². The zero-order chi connectivity index (χ0) is 17.2. The summed E-state index contributed by atoms with van der Waals surface area (Å²) in [6.07, 6.45) is 3.94. The van der Waals surface area contributed by atoms with Gasteiger partial charge in [0.05, 0.1) is 31.4 Å². The number of nitrogens with zero attached hydrogens (tertiary/aromatic N) is 1. The third-order valence-corrected chi connectivity index (χ3v) is 4.93. The maximum Gasteiger partial charge on any atom is 0.191 e. The minimum absolute atomic E-state index is 0.191. The maximum absolute atomic E-state index is 13.8. The Morgan fingerprint density at radius 3 is 3.04 bits per heavy atom. The number of halogens is 1. The lowest BCUT2D eigenvalue weighted by Crippen LogP contribution is -2.47. The number of nitrogens with one attached hydrogen (secondary N) is 2. The second-order valence-electron chi connectivity index (χ2n) is 6.72. The molecule has 2 N–H and O–H groups in total. The second-order valence-corrected chi connectivity index (χ2v) is 6.72. The molecule has 0 amide bonds. The molecule has 2 saturated heterocycles. The Bertz CT molecular complexity index is 667. The van der Waals surface area contributed by atoms with Crippen molar-refractivity contribution in [1.82, 2.24) is 10.6 Å². The van der Waals surface area contributed by atoms with Gasteiger partial charge in [0.2, 0.25) is 0 Å². The van der Waals surface area contributed by atoms with Crippen molar-refractivity contribution in [3.8, 4) is 5.75 Å². The monoisotopic (exact) mass is 349 g/mol. The largest absolute Gasteiger partial charge is 0.467 e. The molecule has 0 saturated carbocycles. The van der Waals surface area contributed by atoms with Crippen LogP contribution < -0.4 is 15.4 Å². The van der Waals surface area contributed by atoms with Crippen LogP contribution in [0.5, 0.6) is 5.75 Å². The maximum atomic E-state index is 13.8. The van der Waals surface area contributed by atoms with E-state index in [1.807, 2.05) is 6.92 Å². The number of rotatable bonds is 4. The summed E-state index contributed by atoms with van der Waals surface area (Å²) in [5, 5.41) is 6.73. The molecule has 2 fully saturated rings. The van der Waals surface area contributed by atoms with E-state index in [1.54, 1.807) is 0 Å². The standard InChI is InChI=1S/C18H24FN3O3/c1-2-20-18(22-15-7-14-3-4-16(15)25-14)21-8-11-5-13(19)6-12-9-23-10-24-17(11)12/h5-6,14-16H,2-4,7-10H2,1H3,(H2,20,21,22). The molecule has 3 heterocycles. The van der Waals surface area contributed by atoms with Gasteiger partial charge in [-0.3, -0.25) is 0 Å². The number of guanidine groups is 1. The fourth-order valence-corrected chi connectivity index (χ4v) is 3.82. The Balaban J connectivity index is 1.49. The van der Waals surface area contributed by atoms with Crippen LogP contribution in [0.1, 0.15) is 37.3 Å². The zero-order valence-electron chi connectivity index (χ0n) is 14.4. The summed E-state index contributed by atoms with van der Waals surface area (Å²) in [4.78, 5) is 4.63. The predicted molar refractivity (Wildman–Crippen MR) is 90.9 cm³/mol. The van der Waals surface area contributed by atoms with Gasteiger partial charge in [-0.2, -0.15) is 0 Å². The number of hydrogen-bond acceptors (Lipinski definition) is 4. The van der Waals surface area contributed by atoms with E-state index in [1.165, 1.54) is 12.1 Å². The minimum Gasteiger partial charge on any atom is -0.467 e. The number of hydrogen-bond donors (Lipinski definition) is 2. The molecule has 3 unspecified atom stereocenters. The molecule has 25 heavy (non-hydrogen) atoms. The van der Waals surface area contributed by atoms with Crippen LogP contribution >= 0.6 is 0 Å². The topological polar surface area (TPSA) is 64.1 Å². The molecular formula is C18H24FN3O3. The van der Waals surface area contributed by atoms with Gasteiger partial charge in [0.25, 0.3) is 0 Å². The second kappa shape index (κ2) is 7.17. The van der Waals surface area contributed by atoms with E-state index < -0.39 is 0 Å². The van der Waals surface area contributed by atoms with Crippen molar-refractivity contribution in [2.24, 2.45) is 4.99 Å². The number of aliphatic imine (C=N–C) groups is 1. The molecule has 1 aromatic carbocycles. The SMILES string of the molecule is CCNC(=NCc1cc(F)cc2c1OCOC2)NC1CC2CCC1O2. The predicted octanol–water partition coefficient (Wildman–Crippen LogP) is 2.07. The Hall–Kier alpha value is -1.86. The van der Waals surface area contributed by atoms with E-state index in [9.17, 15) is 4.39 Å². The highest BCUT2D eigenvalue weighted by molar-refractivity contribution is 5.80. The number of fused-ring (bicyclic) bond motifs is 3. The van der Waals surface area contributed by atoms with Crippen LogP contribution in [-0.4, -0.2) is 37.5 Å². The van der Waals surface area contributed by atoms with Crippen LogP contribution in [0.25, 0.3) is 0 Å². The molecule has 0 spiro atoms. The van der Waals surface area contributed by atoms with Crippen molar-refractivity contribution in [2.75, 3.05) is 13.3 Å². The van der Waals surface area contributed by atoms with E-state index in [4.69, 9.17) is 14.2 Å². The van der Waals surface area contributed by atoms with Crippen molar-refractivity contribution in [1.29, 1.82) is 0 Å². The molecule has 0 aliphatic carbocycles. The molecule has 136 valence electrons. The van der Waals surface area contributed by atoms with Crippen LogP contribution in [0.15, 0.2) is 17.1 Å². The highest BCUT2D eigenvalue weighted by Crippen LogP contribution is 2.34. The van der Waals surface area contributed by atoms with Crippen LogP contribution in [0.4, 0.5) is 4.39 Å². The zero-order valence-corrected chi connectivity index (χ0v) is 14.4. The molecule has 3 atom stereocenters. The Labute approximate surface area is 146 Å². The van der Waals surface area contributed by atoms with Crippen molar-refractivity contribution in [2.45, 2.75) is 57.6 Å². The minimum atomic E-state index is -0.294. The molecule has 7 heteroatoms. The van der Waals surface area contributed by atoms with Crippen molar-refractivity contribution in [3.05, 3.63) is 29.1 Å². The fourth-order valence-electron chi connectivity index (χ4n) is 3.82. The average Bonchev–Trinajstić information content (AvgIpc) is 3.22. The first-order chi connectivity index (χ1) is 12.2. The van der Waals surface area contributed by atoms with Gasteiger partial charge in [-0.25, -0.2) is 9.38 Å². The normalized spacial score (nSPS) is 27.8. The molecule has 3 aliphatic heterocycles. The van der Waals surface area contributed by atoms with E-state index in [-0.39, 0.29) is 18.7 Å². The average molecular weight is 349 g/mol. The Morgan fingerprint density at radius 1 is 1.36 bits per heavy atom. The first-order valence-electron chi connectivity index (χ1n) is 8.95. The van der Waals surface area contributed by atoms with Gasteiger partial charge < -0.3 is 24.8 Å². The van der Waals surface area contributed by atoms with E-state index in [2.05, 4.69) is 15.6 Å². The first kappa shape index (κ1) is 16.6. The van der Waals surface area contributed by atoms with Gasteiger partial charge in [0, 0.05) is 17.7 Å². The molecule has 0 aromatic heterocycles. The third kappa shape index (κ3) is 3.57. The van der Waals surface area contributed by atoms with Gasteiger partial charge in [-0.1, -0.05) is 0 Å². The lowest BCUT2D eigenvalue weighted by atomic mass is 9.96. The summed E-state index contributed by atoms with van der Waals surface area (Å²) < 4.78 is 30.5. The molecule has 4 rings (SSSR count). The quantitative estimate of drug-likeness (QED) is 0.644. The summed E-state index contributed by atoms with van der Waals surface area (Å²) in [5.41, 5.74) is 1.47. The molecule has 6 nitrogen and oxygen atoms in total. The number of ether oxygens (including phenoxy) is 3. The highest BCUT2D eigenvalue weighted by atomic mass is 19.1. The van der Waals surface area contributed by atoms with Crippen molar-refractivity contribution in [3.63, 3.8) is 0 Å². The van der Waals surface area contributed by atoms with Crippen LogP contribution in [0.3, 0.4) is 0 Å². The van der Waals surface area contributed by atoms with Gasteiger partial charge >= 0.3 is 0 Å². The summed E-state index contributed by atoms with van der Waals surface area (Å²) in [7, 11) is 0. The van der Waals surface area contributed by atoms with E-state index in [0.717, 1.165) is 42.9 Å². The summed E-state index contributed by atoms with van der Waals surface area (Å²) in [5.74, 6) is 1.13. The van der Waals surface area contributed by atoms with Gasteiger partial charge in [-0.05, 0) is 38.3 Å². The lowest BCUT2D eigenvalue weighted by molar-refractivity contribution is -0.0172. The smallest absolute Gasteiger partial charge is 0.191 e. The summed E-state index contributed by atoms with van der Waals surface area (Å²) in [6.45, 7) is 3.69. The van der Waals surface area contributed by atoms with E-state index in [0.29, 0.717) is 31.0 Å². The fraction of sp³-hybridized carbons (Fsp3) is 0.611. The molecule has 3 aliphatic rings. The molecule has 2 bridgehead atoms. The summed E-state index contributed by atoms with van der Waals surface area (Å²) >= 11 is 0. The third-order valence-electron chi connectivity index (χ3n) is 4.93. The summed E-state index contributed by atoms with van der Waals surface area (Å²) in [6, 6.07) is 3.23. The molecular weight excluding hydrogens is 325 g/mol. The number of benzene rings is 1. The lowest BCUT2D eigenvalue weighted by Gasteiger charge is -2.23. The van der Waals surface area contributed by atoms with Crippen LogP contribution in [0.2, 0.25) is 0 Å². The highest BCUT2D eigenvalue weighted by Gasteiger charge is 2.41. The van der Waals surface area contributed by atoms with Crippen LogP contribution in [0, 0.1) is 5.82 Å². The van der Waals surface area contributed by atoms with Crippen molar-refractivity contribution < 1.29 is 18.6 Å². The Kier molecular flexibility index (Phi) is 4.76. The Morgan fingerprint density at radius 2 is 2.28 bits per heavy atom.